The minimum Gasteiger partial charge on any atom is -0.403 e. The van der Waals surface area contributed by atoms with Crippen molar-refractivity contribution in [2.45, 2.75) is 45.2 Å². The number of hydrogen-bond acceptors (Lipinski definition) is 6. The van der Waals surface area contributed by atoms with E-state index in [9.17, 15) is 9.59 Å². The first-order chi connectivity index (χ1) is 13.5. The molecule has 2 aromatic rings. The Morgan fingerprint density at radius 1 is 1.21 bits per heavy atom. The van der Waals surface area contributed by atoms with Crippen molar-refractivity contribution in [2.75, 3.05) is 18.4 Å². The van der Waals surface area contributed by atoms with Gasteiger partial charge in [-0.1, -0.05) is 11.2 Å². The van der Waals surface area contributed by atoms with Gasteiger partial charge in [0.05, 0.1) is 0 Å². The number of carbonyl (C=O) groups is 2. The highest BCUT2D eigenvalue weighted by Crippen LogP contribution is 2.53. The highest BCUT2D eigenvalue weighted by molar-refractivity contribution is 6.00. The zero-order valence-corrected chi connectivity index (χ0v) is 15.8. The lowest BCUT2D eigenvalue weighted by molar-refractivity contribution is -0.133. The number of fused-ring (bicyclic) bond motifs is 1. The highest BCUT2D eigenvalue weighted by atomic mass is 16.4. The summed E-state index contributed by atoms with van der Waals surface area (Å²) in [6.07, 6.45) is 4.86. The number of benzene rings is 1. The second-order valence-electron chi connectivity index (χ2n) is 8.12. The SMILES string of the molecule is C[C@H](Nc1nnc(-c2cccc3c2CNC3=O)o1)C(=O)N1CCC2(CC1)CC2. The van der Waals surface area contributed by atoms with Crippen molar-refractivity contribution in [3.8, 4) is 11.5 Å². The molecule has 0 bridgehead atoms. The van der Waals surface area contributed by atoms with E-state index >= 15 is 0 Å². The van der Waals surface area contributed by atoms with E-state index in [1.807, 2.05) is 17.9 Å². The van der Waals surface area contributed by atoms with Gasteiger partial charge in [0.15, 0.2) is 0 Å². The van der Waals surface area contributed by atoms with E-state index < -0.39 is 6.04 Å². The van der Waals surface area contributed by atoms with Gasteiger partial charge in [-0.2, -0.15) is 0 Å². The van der Waals surface area contributed by atoms with Gasteiger partial charge in [0.1, 0.15) is 6.04 Å². The average molecular weight is 381 g/mol. The molecule has 2 fully saturated rings. The van der Waals surface area contributed by atoms with Crippen molar-refractivity contribution >= 4 is 17.8 Å². The van der Waals surface area contributed by atoms with Gasteiger partial charge in [-0.25, -0.2) is 0 Å². The molecule has 28 heavy (non-hydrogen) atoms. The third-order valence-electron chi connectivity index (χ3n) is 6.31. The number of carbonyl (C=O) groups excluding carboxylic acids is 2. The second-order valence-corrected chi connectivity index (χ2v) is 8.12. The maximum atomic E-state index is 12.7. The second kappa shape index (κ2) is 6.32. The van der Waals surface area contributed by atoms with Gasteiger partial charge in [0, 0.05) is 30.8 Å². The molecule has 1 aromatic carbocycles. The first-order valence-corrected chi connectivity index (χ1v) is 9.84. The number of aromatic nitrogens is 2. The van der Waals surface area contributed by atoms with Crippen molar-refractivity contribution < 1.29 is 14.0 Å². The van der Waals surface area contributed by atoms with Gasteiger partial charge < -0.3 is 20.0 Å². The number of hydrogen-bond donors (Lipinski definition) is 2. The Morgan fingerprint density at radius 3 is 2.71 bits per heavy atom. The third-order valence-corrected chi connectivity index (χ3v) is 6.31. The van der Waals surface area contributed by atoms with Crippen LogP contribution in [0, 0.1) is 5.41 Å². The first-order valence-electron chi connectivity index (χ1n) is 9.84. The fourth-order valence-electron chi connectivity index (χ4n) is 4.24. The quantitative estimate of drug-likeness (QED) is 0.842. The summed E-state index contributed by atoms with van der Waals surface area (Å²) in [4.78, 5) is 26.5. The van der Waals surface area contributed by atoms with E-state index in [-0.39, 0.29) is 17.8 Å². The van der Waals surface area contributed by atoms with Crippen LogP contribution < -0.4 is 10.6 Å². The molecular weight excluding hydrogens is 358 g/mol. The summed E-state index contributed by atoms with van der Waals surface area (Å²) in [6, 6.07) is 5.20. The van der Waals surface area contributed by atoms with Gasteiger partial charge >= 0.3 is 6.01 Å². The topological polar surface area (TPSA) is 100 Å². The van der Waals surface area contributed by atoms with Crippen molar-refractivity contribution in [2.24, 2.45) is 5.41 Å². The van der Waals surface area contributed by atoms with Crippen LogP contribution in [0.15, 0.2) is 22.6 Å². The predicted molar refractivity (Wildman–Crippen MR) is 101 cm³/mol. The third kappa shape index (κ3) is 2.93. The fraction of sp³-hybridized carbons (Fsp3) is 0.500. The fourth-order valence-corrected chi connectivity index (χ4v) is 4.24. The maximum absolute atomic E-state index is 12.7. The van der Waals surface area contributed by atoms with Gasteiger partial charge in [-0.3, -0.25) is 9.59 Å². The summed E-state index contributed by atoms with van der Waals surface area (Å²) in [5, 5.41) is 14.0. The molecule has 0 radical (unpaired) electrons. The summed E-state index contributed by atoms with van der Waals surface area (Å²) in [6.45, 7) is 3.92. The van der Waals surface area contributed by atoms with Crippen molar-refractivity contribution in [3.05, 3.63) is 29.3 Å². The standard InChI is InChI=1S/C20H23N5O3/c1-12(18(27)25-9-7-20(5-6-20)8-10-25)22-19-24-23-17(28-19)14-4-2-3-13-15(14)11-21-16(13)26/h2-4,12H,5-11H2,1H3,(H,21,26)(H,22,24)/t12-/m0/s1. The van der Waals surface area contributed by atoms with Gasteiger partial charge in [-0.05, 0) is 55.7 Å². The molecule has 2 aliphatic heterocycles. The van der Waals surface area contributed by atoms with Crippen LogP contribution in [0.4, 0.5) is 6.01 Å². The number of likely N-dealkylation sites (tertiary alicyclic amines) is 1. The van der Waals surface area contributed by atoms with E-state index in [1.54, 1.807) is 12.1 Å². The Balaban J connectivity index is 1.27. The molecule has 1 aromatic heterocycles. The van der Waals surface area contributed by atoms with Crippen LogP contribution in [0.3, 0.4) is 0 Å². The predicted octanol–water partition coefficient (Wildman–Crippen LogP) is 2.18. The molecule has 0 unspecified atom stereocenters. The lowest BCUT2D eigenvalue weighted by Crippen LogP contribution is -2.45. The largest absolute Gasteiger partial charge is 0.403 e. The molecule has 3 heterocycles. The summed E-state index contributed by atoms with van der Waals surface area (Å²) in [7, 11) is 0. The number of nitrogens with zero attached hydrogens (tertiary/aromatic N) is 3. The van der Waals surface area contributed by atoms with Crippen LogP contribution in [0.1, 0.15) is 48.5 Å². The highest BCUT2D eigenvalue weighted by Gasteiger charge is 2.45. The van der Waals surface area contributed by atoms with Crippen LogP contribution in [0.2, 0.25) is 0 Å². The van der Waals surface area contributed by atoms with Gasteiger partial charge in [0.2, 0.25) is 11.8 Å². The number of nitrogens with one attached hydrogen (secondary N) is 2. The molecule has 8 heteroatoms. The summed E-state index contributed by atoms with van der Waals surface area (Å²) >= 11 is 0. The molecule has 2 amide bonds. The molecule has 1 saturated heterocycles. The van der Waals surface area contributed by atoms with E-state index in [4.69, 9.17) is 4.42 Å². The monoisotopic (exact) mass is 381 g/mol. The van der Waals surface area contributed by atoms with Crippen molar-refractivity contribution in [1.82, 2.24) is 20.4 Å². The van der Waals surface area contributed by atoms with E-state index in [0.717, 1.165) is 37.1 Å². The van der Waals surface area contributed by atoms with Gasteiger partial charge in [0.25, 0.3) is 5.91 Å². The Kier molecular flexibility index (Phi) is 3.89. The minimum atomic E-state index is -0.439. The molecule has 146 valence electrons. The van der Waals surface area contributed by atoms with Crippen LogP contribution in [0.25, 0.3) is 11.5 Å². The molecule has 1 saturated carbocycles. The summed E-state index contributed by atoms with van der Waals surface area (Å²) in [5.74, 6) is 0.304. The normalized spacial score (nSPS) is 20.6. The zero-order chi connectivity index (χ0) is 19.3. The minimum absolute atomic E-state index is 0.0608. The van der Waals surface area contributed by atoms with Gasteiger partial charge in [-0.15, -0.1) is 5.10 Å². The van der Waals surface area contributed by atoms with Crippen LogP contribution >= 0.6 is 0 Å². The number of anilines is 1. The molecular formula is C20H23N5O3. The smallest absolute Gasteiger partial charge is 0.316 e. The van der Waals surface area contributed by atoms with Crippen molar-refractivity contribution in [1.29, 1.82) is 0 Å². The molecule has 5 rings (SSSR count). The molecule has 1 atom stereocenters. The van der Waals surface area contributed by atoms with E-state index in [0.29, 0.717) is 23.4 Å². The Bertz CT molecular complexity index is 939. The number of amides is 2. The Hall–Kier alpha value is -2.90. The maximum Gasteiger partial charge on any atom is 0.316 e. The van der Waals surface area contributed by atoms with E-state index in [2.05, 4.69) is 20.8 Å². The molecule has 3 aliphatic rings. The zero-order valence-electron chi connectivity index (χ0n) is 15.8. The Labute approximate surface area is 162 Å². The Morgan fingerprint density at radius 2 is 1.96 bits per heavy atom. The van der Waals surface area contributed by atoms with E-state index in [1.165, 1.54) is 12.8 Å². The van der Waals surface area contributed by atoms with Crippen LogP contribution in [-0.4, -0.2) is 46.0 Å². The summed E-state index contributed by atoms with van der Waals surface area (Å²) in [5.41, 5.74) is 2.77. The first kappa shape index (κ1) is 17.2. The number of rotatable bonds is 4. The summed E-state index contributed by atoms with van der Waals surface area (Å²) < 4.78 is 5.74. The molecule has 2 N–H and O–H groups in total. The molecule has 1 aliphatic carbocycles. The lowest BCUT2D eigenvalue weighted by Gasteiger charge is -2.33. The average Bonchev–Trinajstić information content (AvgIpc) is 3.12. The van der Waals surface area contributed by atoms with Crippen molar-refractivity contribution in [3.63, 3.8) is 0 Å². The lowest BCUT2D eigenvalue weighted by atomic mass is 9.93. The molecule has 1 spiro atoms. The van der Waals surface area contributed by atoms with Crippen LogP contribution in [-0.2, 0) is 11.3 Å². The molecule has 8 nitrogen and oxygen atoms in total. The van der Waals surface area contributed by atoms with Crippen LogP contribution in [0.5, 0.6) is 0 Å². The number of piperidine rings is 1.